The second kappa shape index (κ2) is 4.02. The molecule has 1 aromatic heterocycles. The first-order valence-corrected chi connectivity index (χ1v) is 3.57. The Labute approximate surface area is 75.5 Å². The first-order chi connectivity index (χ1) is 6.26. The number of anilines is 1. The molecule has 0 aliphatic rings. The topological polar surface area (TPSA) is 65.8 Å². The Morgan fingerprint density at radius 1 is 1.69 bits per heavy atom. The number of hydrogen-bond acceptors (Lipinski definition) is 3. The van der Waals surface area contributed by atoms with Crippen molar-refractivity contribution in [2.24, 2.45) is 0 Å². The lowest BCUT2D eigenvalue weighted by molar-refractivity contribution is -0.111. The summed E-state index contributed by atoms with van der Waals surface area (Å²) in [5, 5.41) is 11.0. The molecule has 4 heteroatoms. The van der Waals surface area contributed by atoms with Crippen LogP contribution >= 0.6 is 0 Å². The van der Waals surface area contributed by atoms with E-state index in [4.69, 9.17) is 5.26 Å². The Balaban J connectivity index is 2.85. The lowest BCUT2D eigenvalue weighted by atomic mass is 10.3. The number of carbonyl (C=O) groups is 1. The third-order valence-electron chi connectivity index (χ3n) is 1.30. The maximum absolute atomic E-state index is 10.8. The van der Waals surface area contributed by atoms with E-state index in [0.717, 1.165) is 6.08 Å². The Bertz CT molecular complexity index is 379. The zero-order valence-corrected chi connectivity index (χ0v) is 6.82. The number of hydrogen-bond donors (Lipinski definition) is 1. The SMILES string of the molecule is C=CC(=O)Nc1cccc(C#N)n1. The number of nitrogens with zero attached hydrogens (tertiary/aromatic N) is 2. The zero-order valence-electron chi connectivity index (χ0n) is 6.82. The summed E-state index contributed by atoms with van der Waals surface area (Å²) in [5.74, 6) is 0.00606. The molecule has 0 bridgehead atoms. The van der Waals surface area contributed by atoms with E-state index in [0.29, 0.717) is 5.82 Å². The van der Waals surface area contributed by atoms with Crippen molar-refractivity contribution >= 4 is 11.7 Å². The fourth-order valence-corrected chi connectivity index (χ4v) is 0.744. The first kappa shape index (κ1) is 8.94. The maximum Gasteiger partial charge on any atom is 0.248 e. The van der Waals surface area contributed by atoms with Gasteiger partial charge in [0.1, 0.15) is 17.6 Å². The van der Waals surface area contributed by atoms with Gasteiger partial charge in [-0.05, 0) is 18.2 Å². The van der Waals surface area contributed by atoms with Crippen LogP contribution in [-0.4, -0.2) is 10.9 Å². The molecule has 0 radical (unpaired) electrons. The van der Waals surface area contributed by atoms with E-state index < -0.39 is 0 Å². The van der Waals surface area contributed by atoms with E-state index in [1.165, 1.54) is 0 Å². The summed E-state index contributed by atoms with van der Waals surface area (Å²) < 4.78 is 0. The van der Waals surface area contributed by atoms with Crippen LogP contribution in [0.5, 0.6) is 0 Å². The van der Waals surface area contributed by atoms with Crippen LogP contribution in [0.3, 0.4) is 0 Å². The van der Waals surface area contributed by atoms with Crippen molar-refractivity contribution in [1.82, 2.24) is 4.98 Å². The largest absolute Gasteiger partial charge is 0.307 e. The number of nitriles is 1. The highest BCUT2D eigenvalue weighted by Crippen LogP contribution is 2.03. The molecule has 1 N–H and O–H groups in total. The first-order valence-electron chi connectivity index (χ1n) is 3.57. The number of nitrogens with one attached hydrogen (secondary N) is 1. The van der Waals surface area contributed by atoms with E-state index in [1.807, 2.05) is 6.07 Å². The molecule has 1 rings (SSSR count). The molecule has 13 heavy (non-hydrogen) atoms. The molecule has 0 atom stereocenters. The summed E-state index contributed by atoms with van der Waals surface area (Å²) in [6.07, 6.45) is 1.14. The van der Waals surface area contributed by atoms with Gasteiger partial charge >= 0.3 is 0 Å². The lowest BCUT2D eigenvalue weighted by Crippen LogP contribution is -2.08. The molecule has 0 fully saturated rings. The molecule has 1 amide bonds. The van der Waals surface area contributed by atoms with Crippen molar-refractivity contribution in [3.8, 4) is 6.07 Å². The molecule has 0 aromatic carbocycles. The second-order valence-electron chi connectivity index (χ2n) is 2.21. The highest BCUT2D eigenvalue weighted by molar-refractivity contribution is 5.98. The van der Waals surface area contributed by atoms with E-state index >= 15 is 0 Å². The molecule has 0 aliphatic carbocycles. The Kier molecular flexibility index (Phi) is 2.77. The van der Waals surface area contributed by atoms with Crippen molar-refractivity contribution in [2.75, 3.05) is 5.32 Å². The van der Waals surface area contributed by atoms with Crippen LogP contribution in [0.25, 0.3) is 0 Å². The predicted octanol–water partition coefficient (Wildman–Crippen LogP) is 1.08. The molecule has 4 nitrogen and oxygen atoms in total. The highest BCUT2D eigenvalue weighted by atomic mass is 16.1. The number of rotatable bonds is 2. The van der Waals surface area contributed by atoms with Crippen molar-refractivity contribution in [3.63, 3.8) is 0 Å². The second-order valence-corrected chi connectivity index (χ2v) is 2.21. The molecular formula is C9H7N3O. The van der Waals surface area contributed by atoms with Crippen molar-refractivity contribution in [2.45, 2.75) is 0 Å². The summed E-state index contributed by atoms with van der Waals surface area (Å²) in [6.45, 7) is 3.29. The Morgan fingerprint density at radius 3 is 3.08 bits per heavy atom. The van der Waals surface area contributed by atoms with Gasteiger partial charge in [0.2, 0.25) is 5.91 Å². The summed E-state index contributed by atoms with van der Waals surface area (Å²) in [4.78, 5) is 14.7. The third-order valence-corrected chi connectivity index (χ3v) is 1.30. The van der Waals surface area contributed by atoms with E-state index in [9.17, 15) is 4.79 Å². The molecule has 64 valence electrons. The third kappa shape index (κ3) is 2.42. The maximum atomic E-state index is 10.8. The quantitative estimate of drug-likeness (QED) is 0.680. The van der Waals surface area contributed by atoms with Crippen LogP contribution in [0.4, 0.5) is 5.82 Å². The average molecular weight is 173 g/mol. The molecule has 0 spiro atoms. The molecule has 1 heterocycles. The standard InChI is InChI=1S/C9H7N3O/c1-2-9(13)12-8-5-3-4-7(6-10)11-8/h2-5H,1H2,(H,11,12,13). The average Bonchev–Trinajstić information content (AvgIpc) is 2.18. The van der Waals surface area contributed by atoms with Crippen molar-refractivity contribution < 1.29 is 4.79 Å². The van der Waals surface area contributed by atoms with Crippen LogP contribution in [0.1, 0.15) is 5.69 Å². The minimum absolute atomic E-state index is 0.266. The van der Waals surface area contributed by atoms with Crippen LogP contribution < -0.4 is 5.32 Å². The molecule has 0 aliphatic heterocycles. The van der Waals surface area contributed by atoms with Gasteiger partial charge in [0.15, 0.2) is 0 Å². The predicted molar refractivity (Wildman–Crippen MR) is 47.8 cm³/mol. The van der Waals surface area contributed by atoms with Crippen LogP contribution in [0, 0.1) is 11.3 Å². The summed E-state index contributed by atoms with van der Waals surface area (Å²) in [6, 6.07) is 6.67. The minimum atomic E-state index is -0.345. The van der Waals surface area contributed by atoms with Gasteiger partial charge in [-0.25, -0.2) is 4.98 Å². The fraction of sp³-hybridized carbons (Fsp3) is 0. The summed E-state index contributed by atoms with van der Waals surface area (Å²) in [7, 11) is 0. The summed E-state index contributed by atoms with van der Waals surface area (Å²) in [5.41, 5.74) is 0.266. The van der Waals surface area contributed by atoms with E-state index in [2.05, 4.69) is 16.9 Å². The van der Waals surface area contributed by atoms with Gasteiger partial charge in [0.05, 0.1) is 0 Å². The van der Waals surface area contributed by atoms with Gasteiger partial charge in [-0.1, -0.05) is 12.6 Å². The number of carbonyl (C=O) groups excluding carboxylic acids is 1. The van der Waals surface area contributed by atoms with Gasteiger partial charge < -0.3 is 5.32 Å². The highest BCUT2D eigenvalue weighted by Gasteiger charge is 1.98. The van der Waals surface area contributed by atoms with Crippen LogP contribution in [0.2, 0.25) is 0 Å². The molecule has 0 saturated heterocycles. The van der Waals surface area contributed by atoms with Gasteiger partial charge in [0.25, 0.3) is 0 Å². The van der Waals surface area contributed by atoms with Gasteiger partial charge in [0, 0.05) is 0 Å². The normalized spacial score (nSPS) is 8.54. The number of pyridine rings is 1. The fourth-order valence-electron chi connectivity index (χ4n) is 0.744. The molecule has 0 saturated carbocycles. The summed E-state index contributed by atoms with van der Waals surface area (Å²) >= 11 is 0. The minimum Gasteiger partial charge on any atom is -0.307 e. The van der Waals surface area contributed by atoms with Crippen molar-refractivity contribution in [3.05, 3.63) is 36.5 Å². The van der Waals surface area contributed by atoms with Gasteiger partial charge in [-0.2, -0.15) is 5.26 Å². The number of amides is 1. The monoisotopic (exact) mass is 173 g/mol. The van der Waals surface area contributed by atoms with E-state index in [-0.39, 0.29) is 11.6 Å². The Morgan fingerprint density at radius 2 is 2.46 bits per heavy atom. The lowest BCUT2D eigenvalue weighted by Gasteiger charge is -1.99. The number of aromatic nitrogens is 1. The zero-order chi connectivity index (χ0) is 9.68. The van der Waals surface area contributed by atoms with E-state index in [1.54, 1.807) is 18.2 Å². The van der Waals surface area contributed by atoms with Crippen molar-refractivity contribution in [1.29, 1.82) is 5.26 Å². The Hall–Kier alpha value is -2.15. The smallest absolute Gasteiger partial charge is 0.248 e. The van der Waals surface area contributed by atoms with Gasteiger partial charge in [-0.3, -0.25) is 4.79 Å². The van der Waals surface area contributed by atoms with Crippen LogP contribution in [-0.2, 0) is 4.79 Å². The van der Waals surface area contributed by atoms with Crippen LogP contribution in [0.15, 0.2) is 30.9 Å². The molecular weight excluding hydrogens is 166 g/mol. The molecule has 1 aromatic rings. The molecule has 0 unspecified atom stereocenters. The van der Waals surface area contributed by atoms with Gasteiger partial charge in [-0.15, -0.1) is 0 Å².